The Morgan fingerprint density at radius 3 is 2.72 bits per heavy atom. The van der Waals surface area contributed by atoms with Crippen LogP contribution in [0.2, 0.25) is 0 Å². The van der Waals surface area contributed by atoms with Crippen molar-refractivity contribution in [2.75, 3.05) is 24.3 Å². The summed E-state index contributed by atoms with van der Waals surface area (Å²) in [7, 11) is 0. The van der Waals surface area contributed by atoms with E-state index in [1.807, 2.05) is 35.9 Å². The second-order valence-electron chi connectivity index (χ2n) is 8.07. The van der Waals surface area contributed by atoms with Crippen molar-refractivity contribution in [2.24, 2.45) is 0 Å². The zero-order valence-electron chi connectivity index (χ0n) is 17.0. The molecule has 0 unspecified atom stereocenters. The Kier molecular flexibility index (Phi) is 5.48. The number of thioether (sulfide) groups is 1. The number of carbonyl (C=O) groups is 1. The van der Waals surface area contributed by atoms with Crippen molar-refractivity contribution >= 4 is 23.5 Å². The monoisotopic (exact) mass is 417 g/mol. The Morgan fingerprint density at radius 2 is 2.03 bits per heavy atom. The highest BCUT2D eigenvalue weighted by atomic mass is 32.2. The van der Waals surface area contributed by atoms with Gasteiger partial charge in [-0.1, -0.05) is 12.1 Å². The molecule has 1 saturated heterocycles. The molecular weight excluding hydrogens is 390 g/mol. The summed E-state index contributed by atoms with van der Waals surface area (Å²) in [6.07, 6.45) is 1.55. The largest absolute Gasteiger partial charge is 0.494 e. The molecule has 1 amide bonds. The van der Waals surface area contributed by atoms with Crippen LogP contribution in [-0.2, 0) is 9.53 Å². The number of ether oxygens (including phenoxy) is 2. The van der Waals surface area contributed by atoms with Gasteiger partial charge in [-0.3, -0.25) is 19.4 Å². The third kappa shape index (κ3) is 4.09. The molecule has 8 heteroatoms. The number of amides is 1. The highest BCUT2D eigenvalue weighted by molar-refractivity contribution is 8.00. The molecule has 2 aliphatic heterocycles. The number of benzene rings is 1. The SMILES string of the molecule is CCOc1ccc([C@@H]2SCC(=O)Nc3c2c(=O)[nH]n3[C@H]2CCOC(C)(C)C2)cc1. The van der Waals surface area contributed by atoms with Crippen LogP contribution in [0.25, 0.3) is 0 Å². The highest BCUT2D eigenvalue weighted by Gasteiger charge is 2.35. The van der Waals surface area contributed by atoms with Crippen LogP contribution < -0.4 is 15.6 Å². The number of nitrogens with one attached hydrogen (secondary N) is 2. The van der Waals surface area contributed by atoms with Crippen molar-refractivity contribution in [3.8, 4) is 5.75 Å². The van der Waals surface area contributed by atoms with E-state index in [1.54, 1.807) is 0 Å². The molecule has 0 spiro atoms. The summed E-state index contributed by atoms with van der Waals surface area (Å²) >= 11 is 1.47. The van der Waals surface area contributed by atoms with Crippen LogP contribution in [0.3, 0.4) is 0 Å². The van der Waals surface area contributed by atoms with Gasteiger partial charge in [0.25, 0.3) is 5.56 Å². The molecule has 1 aromatic heterocycles. The number of anilines is 1. The van der Waals surface area contributed by atoms with Crippen LogP contribution in [0.1, 0.15) is 56.0 Å². The van der Waals surface area contributed by atoms with Gasteiger partial charge in [-0.25, -0.2) is 0 Å². The topological polar surface area (TPSA) is 85.4 Å². The number of rotatable bonds is 4. The molecule has 3 heterocycles. The predicted octanol–water partition coefficient (Wildman–Crippen LogP) is 3.48. The van der Waals surface area contributed by atoms with E-state index in [-0.39, 0.29) is 28.4 Å². The normalized spacial score (nSPS) is 23.8. The van der Waals surface area contributed by atoms with Gasteiger partial charge in [-0.15, -0.1) is 11.8 Å². The van der Waals surface area contributed by atoms with Gasteiger partial charge >= 0.3 is 0 Å². The van der Waals surface area contributed by atoms with Crippen molar-refractivity contribution < 1.29 is 14.3 Å². The Balaban J connectivity index is 1.74. The number of aromatic amines is 1. The molecular formula is C21H27N3O4S. The lowest BCUT2D eigenvalue weighted by molar-refractivity contribution is -0.113. The summed E-state index contributed by atoms with van der Waals surface area (Å²) in [6, 6.07) is 7.82. The smallest absolute Gasteiger partial charge is 0.270 e. The van der Waals surface area contributed by atoms with E-state index in [2.05, 4.69) is 24.3 Å². The second kappa shape index (κ2) is 7.91. The number of H-pyrrole nitrogens is 1. The molecule has 4 rings (SSSR count). The van der Waals surface area contributed by atoms with Crippen LogP contribution in [-0.4, -0.2) is 40.3 Å². The number of fused-ring (bicyclic) bond motifs is 1. The van der Waals surface area contributed by atoms with Crippen LogP contribution in [0.15, 0.2) is 29.1 Å². The van der Waals surface area contributed by atoms with E-state index in [0.29, 0.717) is 30.3 Å². The first-order valence-corrected chi connectivity index (χ1v) is 11.1. The van der Waals surface area contributed by atoms with Gasteiger partial charge in [-0.2, -0.15) is 0 Å². The number of hydrogen-bond donors (Lipinski definition) is 2. The second-order valence-corrected chi connectivity index (χ2v) is 9.16. The quantitative estimate of drug-likeness (QED) is 0.796. The molecule has 156 valence electrons. The van der Waals surface area contributed by atoms with Gasteiger partial charge in [0.2, 0.25) is 5.91 Å². The molecule has 29 heavy (non-hydrogen) atoms. The minimum atomic E-state index is -0.269. The minimum absolute atomic E-state index is 0.0691. The number of aromatic nitrogens is 2. The molecule has 0 bridgehead atoms. The van der Waals surface area contributed by atoms with Crippen LogP contribution in [0.4, 0.5) is 5.82 Å². The summed E-state index contributed by atoms with van der Waals surface area (Å²) in [5, 5.41) is 5.74. The Labute approximate surface area is 174 Å². The van der Waals surface area contributed by atoms with Gasteiger partial charge in [0.15, 0.2) is 0 Å². The first-order valence-electron chi connectivity index (χ1n) is 10.0. The van der Waals surface area contributed by atoms with Crippen molar-refractivity contribution in [3.63, 3.8) is 0 Å². The van der Waals surface area contributed by atoms with Crippen molar-refractivity contribution in [3.05, 3.63) is 45.7 Å². The summed E-state index contributed by atoms with van der Waals surface area (Å²) in [4.78, 5) is 25.4. The van der Waals surface area contributed by atoms with E-state index in [0.717, 1.165) is 24.2 Å². The average molecular weight is 418 g/mol. The predicted molar refractivity (Wildman–Crippen MR) is 114 cm³/mol. The molecule has 1 fully saturated rings. The van der Waals surface area contributed by atoms with Crippen LogP contribution in [0, 0.1) is 0 Å². The van der Waals surface area contributed by atoms with Crippen molar-refractivity contribution in [2.45, 2.75) is 50.5 Å². The Hall–Kier alpha value is -2.19. The third-order valence-corrected chi connectivity index (χ3v) is 6.66. The maximum atomic E-state index is 13.0. The van der Waals surface area contributed by atoms with Crippen molar-refractivity contribution in [1.29, 1.82) is 0 Å². The summed E-state index contributed by atoms with van der Waals surface area (Å²) in [6.45, 7) is 7.27. The lowest BCUT2D eigenvalue weighted by atomic mass is 9.94. The van der Waals surface area contributed by atoms with E-state index in [4.69, 9.17) is 9.47 Å². The number of carbonyl (C=O) groups excluding carboxylic acids is 1. The van der Waals surface area contributed by atoms with Crippen LogP contribution >= 0.6 is 11.8 Å². The van der Waals surface area contributed by atoms with E-state index in [1.165, 1.54) is 11.8 Å². The van der Waals surface area contributed by atoms with Crippen LogP contribution in [0.5, 0.6) is 5.75 Å². The molecule has 1 aromatic carbocycles. The number of hydrogen-bond acceptors (Lipinski definition) is 5. The molecule has 2 aliphatic rings. The molecule has 2 atom stereocenters. The molecule has 0 aliphatic carbocycles. The zero-order chi connectivity index (χ0) is 20.6. The molecule has 0 saturated carbocycles. The van der Waals surface area contributed by atoms with Gasteiger partial charge in [0.05, 0.1) is 34.8 Å². The first kappa shape index (κ1) is 20.1. The summed E-state index contributed by atoms with van der Waals surface area (Å²) in [5.74, 6) is 1.58. The lowest BCUT2D eigenvalue weighted by Gasteiger charge is -2.36. The van der Waals surface area contributed by atoms with Crippen molar-refractivity contribution in [1.82, 2.24) is 9.78 Å². The van der Waals surface area contributed by atoms with E-state index in [9.17, 15) is 9.59 Å². The molecule has 7 nitrogen and oxygen atoms in total. The molecule has 2 aromatic rings. The fourth-order valence-electron chi connectivity index (χ4n) is 4.11. The molecule has 0 radical (unpaired) electrons. The highest BCUT2D eigenvalue weighted by Crippen LogP contribution is 2.42. The Morgan fingerprint density at radius 1 is 1.28 bits per heavy atom. The van der Waals surface area contributed by atoms with Gasteiger partial charge in [0, 0.05) is 6.61 Å². The molecule has 2 N–H and O–H groups in total. The van der Waals surface area contributed by atoms with Gasteiger partial charge in [0.1, 0.15) is 11.6 Å². The fourth-order valence-corrected chi connectivity index (χ4v) is 5.23. The minimum Gasteiger partial charge on any atom is -0.494 e. The summed E-state index contributed by atoms with van der Waals surface area (Å²) in [5.41, 5.74) is 1.16. The zero-order valence-corrected chi connectivity index (χ0v) is 17.8. The average Bonchev–Trinajstić information content (AvgIpc) is 2.88. The Bertz CT molecular complexity index is 948. The fraction of sp³-hybridized carbons (Fsp3) is 0.524. The van der Waals surface area contributed by atoms with Gasteiger partial charge in [-0.05, 0) is 51.3 Å². The van der Waals surface area contributed by atoms with E-state index >= 15 is 0 Å². The lowest BCUT2D eigenvalue weighted by Crippen LogP contribution is -2.36. The maximum Gasteiger partial charge on any atom is 0.270 e. The number of nitrogens with zero attached hydrogens (tertiary/aromatic N) is 1. The third-order valence-electron chi connectivity index (χ3n) is 5.39. The standard InChI is InChI=1S/C21H27N3O4S/c1-4-27-15-7-5-13(6-8-15)18-17-19(22-16(25)12-29-18)24(23-20(17)26)14-9-10-28-21(2,3)11-14/h5-8,14,18H,4,9-12H2,1-3H3,(H,22,25)(H,23,26)/t14-,18-/m0/s1. The maximum absolute atomic E-state index is 13.0. The van der Waals surface area contributed by atoms with E-state index < -0.39 is 0 Å². The van der Waals surface area contributed by atoms with Gasteiger partial charge < -0.3 is 14.8 Å². The first-order chi connectivity index (χ1) is 13.9. The summed E-state index contributed by atoms with van der Waals surface area (Å²) < 4.78 is 13.2.